The summed E-state index contributed by atoms with van der Waals surface area (Å²) >= 11 is 14.0. The Morgan fingerprint density at radius 2 is 1.76 bits per heavy atom. The number of carbonyl (C=O) groups excluding carboxylic acids is 1. The predicted molar refractivity (Wildman–Crippen MR) is 92.7 cm³/mol. The maximum atomic E-state index is 12.2. The molecule has 2 aromatic carbocycles. The fourth-order valence-corrected chi connectivity index (χ4v) is 2.81. The number of benzene rings is 2. The number of hydrogen-bond acceptors (Lipinski definition) is 2. The molecule has 0 bridgehead atoms. The average molecular weight is 436 g/mol. The van der Waals surface area contributed by atoms with E-state index in [2.05, 4.69) is 5.32 Å². The highest BCUT2D eigenvalue weighted by atomic mass is 127. The van der Waals surface area contributed by atoms with Crippen LogP contribution in [0.2, 0.25) is 10.0 Å². The molecule has 0 fully saturated rings. The molecule has 1 amide bonds. The van der Waals surface area contributed by atoms with E-state index in [1.54, 1.807) is 12.1 Å². The lowest BCUT2D eigenvalue weighted by atomic mass is 10.1. The van der Waals surface area contributed by atoms with Gasteiger partial charge in [-0.2, -0.15) is 0 Å². The van der Waals surface area contributed by atoms with E-state index in [0.29, 0.717) is 25.7 Å². The Kier molecular flexibility index (Phi) is 5.87. The fraction of sp³-hybridized carbons (Fsp3) is 0.133. The molecular weight excluding hydrogens is 424 g/mol. The zero-order chi connectivity index (χ0) is 15.4. The zero-order valence-corrected chi connectivity index (χ0v) is 14.5. The first-order valence-corrected chi connectivity index (χ1v) is 7.96. The van der Waals surface area contributed by atoms with E-state index in [0.717, 1.165) is 11.1 Å². The van der Waals surface area contributed by atoms with Crippen LogP contribution in [0.4, 0.5) is 0 Å². The van der Waals surface area contributed by atoms with E-state index in [9.17, 15) is 4.79 Å². The molecule has 110 valence electrons. The third kappa shape index (κ3) is 4.32. The van der Waals surface area contributed by atoms with Gasteiger partial charge in [0.25, 0.3) is 5.91 Å². The maximum absolute atomic E-state index is 12.2. The third-order valence-electron chi connectivity index (χ3n) is 2.90. The highest BCUT2D eigenvalue weighted by Gasteiger charge is 2.13. The second kappa shape index (κ2) is 7.45. The molecule has 6 heteroatoms. The number of aliphatic hydroxyl groups is 1. The highest BCUT2D eigenvalue weighted by molar-refractivity contribution is 14.1. The lowest BCUT2D eigenvalue weighted by Crippen LogP contribution is -2.23. The minimum Gasteiger partial charge on any atom is -0.392 e. The normalized spacial score (nSPS) is 10.5. The van der Waals surface area contributed by atoms with Crippen LogP contribution in [0.15, 0.2) is 36.4 Å². The van der Waals surface area contributed by atoms with Crippen molar-refractivity contribution in [3.05, 3.63) is 66.7 Å². The van der Waals surface area contributed by atoms with Gasteiger partial charge in [0.15, 0.2) is 0 Å². The number of aliphatic hydroxyl groups excluding tert-OH is 1. The molecule has 0 aliphatic heterocycles. The highest BCUT2D eigenvalue weighted by Crippen LogP contribution is 2.26. The van der Waals surface area contributed by atoms with Gasteiger partial charge in [0.1, 0.15) is 0 Å². The van der Waals surface area contributed by atoms with E-state index in [1.807, 2.05) is 46.9 Å². The Balaban J connectivity index is 2.08. The molecule has 0 saturated heterocycles. The van der Waals surface area contributed by atoms with E-state index in [4.69, 9.17) is 28.3 Å². The minimum absolute atomic E-state index is 0.00580. The van der Waals surface area contributed by atoms with Crippen LogP contribution in [0.1, 0.15) is 21.5 Å². The Hall–Kier alpha value is -0.820. The smallest absolute Gasteiger partial charge is 0.252 e. The van der Waals surface area contributed by atoms with Crippen LogP contribution in [0.3, 0.4) is 0 Å². The van der Waals surface area contributed by atoms with Gasteiger partial charge in [-0.3, -0.25) is 4.79 Å². The molecule has 0 spiro atoms. The van der Waals surface area contributed by atoms with Crippen molar-refractivity contribution >= 4 is 51.7 Å². The van der Waals surface area contributed by atoms with Gasteiger partial charge in [0.2, 0.25) is 0 Å². The average Bonchev–Trinajstić information content (AvgIpc) is 2.49. The fourth-order valence-electron chi connectivity index (χ4n) is 1.76. The molecule has 0 unspecified atom stereocenters. The van der Waals surface area contributed by atoms with Crippen LogP contribution in [0.25, 0.3) is 0 Å². The van der Waals surface area contributed by atoms with Crippen LogP contribution in [-0.4, -0.2) is 11.0 Å². The first-order valence-electron chi connectivity index (χ1n) is 6.12. The van der Waals surface area contributed by atoms with Crippen LogP contribution >= 0.6 is 45.8 Å². The maximum Gasteiger partial charge on any atom is 0.252 e. The summed E-state index contributed by atoms with van der Waals surface area (Å²) in [7, 11) is 0. The molecule has 0 aliphatic rings. The third-order valence-corrected chi connectivity index (χ3v) is 4.89. The SMILES string of the molecule is O=C(NCc1ccc(CO)cc1)c1cc(Cl)cc(Cl)c1I. The monoisotopic (exact) mass is 435 g/mol. The minimum atomic E-state index is -0.227. The van der Waals surface area contributed by atoms with Crippen molar-refractivity contribution in [2.75, 3.05) is 0 Å². The number of carbonyl (C=O) groups is 1. The van der Waals surface area contributed by atoms with Gasteiger partial charge in [-0.05, 0) is 45.9 Å². The molecule has 0 saturated carbocycles. The second-order valence-corrected chi connectivity index (χ2v) is 6.33. The van der Waals surface area contributed by atoms with E-state index in [-0.39, 0.29) is 12.5 Å². The molecule has 0 atom stereocenters. The van der Waals surface area contributed by atoms with Gasteiger partial charge in [0.05, 0.1) is 17.2 Å². The van der Waals surface area contributed by atoms with E-state index >= 15 is 0 Å². The Labute approximate surface area is 146 Å². The van der Waals surface area contributed by atoms with Crippen molar-refractivity contribution < 1.29 is 9.90 Å². The van der Waals surface area contributed by atoms with Crippen molar-refractivity contribution in [2.24, 2.45) is 0 Å². The molecular formula is C15H12Cl2INO2. The van der Waals surface area contributed by atoms with Gasteiger partial charge in [0, 0.05) is 15.1 Å². The summed E-state index contributed by atoms with van der Waals surface area (Å²) in [6, 6.07) is 10.6. The van der Waals surface area contributed by atoms with Gasteiger partial charge in [-0.1, -0.05) is 47.5 Å². The summed E-state index contributed by atoms with van der Waals surface area (Å²) in [6.45, 7) is 0.399. The predicted octanol–water partition coefficient (Wildman–Crippen LogP) is 4.02. The summed E-state index contributed by atoms with van der Waals surface area (Å²) in [6.07, 6.45) is 0. The number of amides is 1. The van der Waals surface area contributed by atoms with Crippen LogP contribution < -0.4 is 5.32 Å². The van der Waals surface area contributed by atoms with E-state index < -0.39 is 0 Å². The van der Waals surface area contributed by atoms with Crippen LogP contribution in [-0.2, 0) is 13.2 Å². The number of rotatable bonds is 4. The van der Waals surface area contributed by atoms with Crippen LogP contribution in [0.5, 0.6) is 0 Å². The molecule has 0 aromatic heterocycles. The topological polar surface area (TPSA) is 49.3 Å². The molecule has 0 aliphatic carbocycles. The second-order valence-electron chi connectivity index (χ2n) is 4.41. The number of hydrogen-bond donors (Lipinski definition) is 2. The molecule has 0 heterocycles. The van der Waals surface area contributed by atoms with Gasteiger partial charge in [-0.25, -0.2) is 0 Å². The summed E-state index contributed by atoms with van der Waals surface area (Å²) in [5, 5.41) is 12.7. The van der Waals surface area contributed by atoms with Gasteiger partial charge < -0.3 is 10.4 Å². The molecule has 0 radical (unpaired) electrons. The van der Waals surface area contributed by atoms with Crippen molar-refractivity contribution in [3.8, 4) is 0 Å². The van der Waals surface area contributed by atoms with Gasteiger partial charge in [-0.15, -0.1) is 0 Å². The van der Waals surface area contributed by atoms with Crippen molar-refractivity contribution in [3.63, 3.8) is 0 Å². The Morgan fingerprint density at radius 3 is 2.38 bits per heavy atom. The molecule has 3 nitrogen and oxygen atoms in total. The molecule has 2 N–H and O–H groups in total. The zero-order valence-electron chi connectivity index (χ0n) is 10.9. The summed E-state index contributed by atoms with van der Waals surface area (Å²) in [4.78, 5) is 12.2. The lowest BCUT2D eigenvalue weighted by molar-refractivity contribution is 0.0950. The van der Waals surface area contributed by atoms with Crippen LogP contribution in [0, 0.1) is 3.57 Å². The Morgan fingerprint density at radius 1 is 1.14 bits per heavy atom. The summed E-state index contributed by atoms with van der Waals surface area (Å²) in [5.41, 5.74) is 2.24. The standard InChI is InChI=1S/C15H12Cl2INO2/c16-11-5-12(14(18)13(17)6-11)15(21)19-7-9-1-3-10(8-20)4-2-9/h1-6,20H,7-8H2,(H,19,21). The number of halogens is 3. The summed E-state index contributed by atoms with van der Waals surface area (Å²) < 4.78 is 0.673. The lowest BCUT2D eigenvalue weighted by Gasteiger charge is -2.09. The van der Waals surface area contributed by atoms with Crippen molar-refractivity contribution in [2.45, 2.75) is 13.2 Å². The Bertz CT molecular complexity index is 659. The summed E-state index contributed by atoms with van der Waals surface area (Å²) in [5.74, 6) is -0.227. The first-order chi connectivity index (χ1) is 10.0. The quantitative estimate of drug-likeness (QED) is 0.562. The molecule has 2 rings (SSSR count). The first kappa shape index (κ1) is 16.5. The molecule has 21 heavy (non-hydrogen) atoms. The number of nitrogens with one attached hydrogen (secondary N) is 1. The molecule has 2 aromatic rings. The largest absolute Gasteiger partial charge is 0.392 e. The van der Waals surface area contributed by atoms with Crippen molar-refractivity contribution in [1.29, 1.82) is 0 Å². The van der Waals surface area contributed by atoms with E-state index in [1.165, 1.54) is 0 Å². The van der Waals surface area contributed by atoms with Crippen molar-refractivity contribution in [1.82, 2.24) is 5.32 Å². The van der Waals surface area contributed by atoms with Gasteiger partial charge >= 0.3 is 0 Å².